The van der Waals surface area contributed by atoms with Gasteiger partial charge in [0.1, 0.15) is 5.60 Å². The molecule has 1 saturated heterocycles. The van der Waals surface area contributed by atoms with Gasteiger partial charge in [0.15, 0.2) is 0 Å². The van der Waals surface area contributed by atoms with E-state index in [1.165, 1.54) is 0 Å². The Labute approximate surface area is 114 Å². The molecular formula is C13H25N3O3. The fourth-order valence-electron chi connectivity index (χ4n) is 2.19. The van der Waals surface area contributed by atoms with Crippen LogP contribution in [0.5, 0.6) is 0 Å². The molecule has 1 atom stereocenters. The number of nitrogens with zero attached hydrogens (tertiary/aromatic N) is 1. The van der Waals surface area contributed by atoms with E-state index in [9.17, 15) is 9.59 Å². The van der Waals surface area contributed by atoms with Gasteiger partial charge in [-0.3, -0.25) is 0 Å². The third-order valence-corrected chi connectivity index (χ3v) is 3.05. The van der Waals surface area contributed by atoms with Crippen LogP contribution >= 0.6 is 0 Å². The quantitative estimate of drug-likeness (QED) is 0.819. The van der Waals surface area contributed by atoms with Gasteiger partial charge in [-0.15, -0.1) is 0 Å². The minimum Gasteiger partial charge on any atom is -0.444 e. The Morgan fingerprint density at radius 1 is 1.42 bits per heavy atom. The van der Waals surface area contributed by atoms with Gasteiger partial charge in [-0.05, 0) is 46.0 Å². The SMILES string of the molecule is CC(C)(C)OC(=O)NCCC1CCCN(C(N)=O)C1. The number of primary amides is 1. The Hall–Kier alpha value is -1.46. The summed E-state index contributed by atoms with van der Waals surface area (Å²) in [5, 5.41) is 2.73. The number of urea groups is 1. The first kappa shape index (κ1) is 15.6. The minimum absolute atomic E-state index is 0.357. The highest BCUT2D eigenvalue weighted by molar-refractivity contribution is 5.72. The molecule has 1 rings (SSSR count). The van der Waals surface area contributed by atoms with Gasteiger partial charge in [0, 0.05) is 19.6 Å². The molecule has 1 fully saturated rings. The van der Waals surface area contributed by atoms with Crippen molar-refractivity contribution in [2.24, 2.45) is 11.7 Å². The summed E-state index contributed by atoms with van der Waals surface area (Å²) in [5.74, 6) is 0.399. The van der Waals surface area contributed by atoms with Crippen LogP contribution in [0.1, 0.15) is 40.0 Å². The lowest BCUT2D eigenvalue weighted by molar-refractivity contribution is 0.0522. The first-order valence-electron chi connectivity index (χ1n) is 6.79. The molecule has 0 bridgehead atoms. The van der Waals surface area contributed by atoms with E-state index in [1.54, 1.807) is 4.90 Å². The van der Waals surface area contributed by atoms with Crippen LogP contribution in [0.3, 0.4) is 0 Å². The minimum atomic E-state index is -0.475. The highest BCUT2D eigenvalue weighted by atomic mass is 16.6. The smallest absolute Gasteiger partial charge is 0.407 e. The van der Waals surface area contributed by atoms with Gasteiger partial charge in [-0.25, -0.2) is 9.59 Å². The van der Waals surface area contributed by atoms with Gasteiger partial charge in [-0.1, -0.05) is 0 Å². The number of hydrogen-bond donors (Lipinski definition) is 2. The normalized spacial score (nSPS) is 19.9. The Bertz CT molecular complexity index is 326. The van der Waals surface area contributed by atoms with Gasteiger partial charge in [0.2, 0.25) is 0 Å². The van der Waals surface area contributed by atoms with Crippen LogP contribution in [0.2, 0.25) is 0 Å². The van der Waals surface area contributed by atoms with Crippen LogP contribution < -0.4 is 11.1 Å². The lowest BCUT2D eigenvalue weighted by Gasteiger charge is -2.31. The van der Waals surface area contributed by atoms with E-state index >= 15 is 0 Å². The Morgan fingerprint density at radius 3 is 2.68 bits per heavy atom. The lowest BCUT2D eigenvalue weighted by atomic mass is 9.95. The Kier molecular flexibility index (Phi) is 5.44. The maximum Gasteiger partial charge on any atom is 0.407 e. The summed E-state index contributed by atoms with van der Waals surface area (Å²) >= 11 is 0. The summed E-state index contributed by atoms with van der Waals surface area (Å²) in [5.41, 5.74) is 4.80. The second kappa shape index (κ2) is 6.63. The number of carbonyl (C=O) groups excluding carboxylic acids is 2. The molecule has 0 aliphatic carbocycles. The van der Waals surface area contributed by atoms with Crippen LogP contribution in [-0.4, -0.2) is 42.3 Å². The van der Waals surface area contributed by atoms with Gasteiger partial charge in [0.25, 0.3) is 0 Å². The zero-order valence-electron chi connectivity index (χ0n) is 12.1. The molecule has 1 aliphatic rings. The predicted octanol–water partition coefficient (Wildman–Crippen LogP) is 1.69. The summed E-state index contributed by atoms with van der Waals surface area (Å²) in [7, 11) is 0. The summed E-state index contributed by atoms with van der Waals surface area (Å²) < 4.78 is 5.15. The number of nitrogens with one attached hydrogen (secondary N) is 1. The highest BCUT2D eigenvalue weighted by Gasteiger charge is 2.22. The lowest BCUT2D eigenvalue weighted by Crippen LogP contribution is -2.43. The van der Waals surface area contributed by atoms with Crippen LogP contribution in [0.4, 0.5) is 9.59 Å². The largest absolute Gasteiger partial charge is 0.444 e. The Morgan fingerprint density at radius 2 is 2.11 bits per heavy atom. The number of likely N-dealkylation sites (tertiary alicyclic amines) is 1. The van der Waals surface area contributed by atoms with E-state index in [1.807, 2.05) is 20.8 Å². The molecule has 3 N–H and O–H groups in total. The van der Waals surface area contributed by atoms with E-state index in [0.29, 0.717) is 19.0 Å². The van der Waals surface area contributed by atoms with E-state index in [0.717, 1.165) is 25.8 Å². The molecule has 0 aromatic carbocycles. The van der Waals surface area contributed by atoms with Crippen LogP contribution in [-0.2, 0) is 4.74 Å². The standard InChI is InChI=1S/C13H25N3O3/c1-13(2,3)19-12(18)15-7-6-10-5-4-8-16(9-10)11(14)17/h10H,4-9H2,1-3H3,(H2,14,17)(H,15,18). The van der Waals surface area contributed by atoms with E-state index in [2.05, 4.69) is 5.32 Å². The third-order valence-electron chi connectivity index (χ3n) is 3.05. The fraction of sp³-hybridized carbons (Fsp3) is 0.846. The van der Waals surface area contributed by atoms with Crippen molar-refractivity contribution >= 4 is 12.1 Å². The van der Waals surface area contributed by atoms with E-state index in [-0.39, 0.29) is 6.03 Å². The molecule has 3 amide bonds. The molecule has 0 radical (unpaired) electrons. The van der Waals surface area contributed by atoms with E-state index < -0.39 is 11.7 Å². The molecule has 0 aromatic heterocycles. The zero-order valence-corrected chi connectivity index (χ0v) is 12.1. The van der Waals surface area contributed by atoms with Gasteiger partial charge in [-0.2, -0.15) is 0 Å². The van der Waals surface area contributed by atoms with Crippen molar-refractivity contribution in [3.8, 4) is 0 Å². The summed E-state index contributed by atoms with van der Waals surface area (Å²) in [6.07, 6.45) is 2.48. The average molecular weight is 271 g/mol. The first-order chi connectivity index (χ1) is 8.78. The molecular weight excluding hydrogens is 246 g/mol. The van der Waals surface area contributed by atoms with Gasteiger partial charge in [0.05, 0.1) is 0 Å². The van der Waals surface area contributed by atoms with Crippen molar-refractivity contribution in [1.82, 2.24) is 10.2 Å². The molecule has 0 spiro atoms. The molecule has 110 valence electrons. The zero-order chi connectivity index (χ0) is 14.5. The number of amides is 3. The summed E-state index contributed by atoms with van der Waals surface area (Å²) in [6.45, 7) is 7.48. The second-order valence-corrected chi connectivity index (χ2v) is 6.01. The molecule has 0 aromatic rings. The second-order valence-electron chi connectivity index (χ2n) is 6.01. The van der Waals surface area contributed by atoms with Crippen molar-refractivity contribution in [3.05, 3.63) is 0 Å². The molecule has 1 aliphatic heterocycles. The van der Waals surface area contributed by atoms with Crippen LogP contribution in [0.15, 0.2) is 0 Å². The number of piperidine rings is 1. The fourth-order valence-corrected chi connectivity index (χ4v) is 2.19. The van der Waals surface area contributed by atoms with Crippen LogP contribution in [0.25, 0.3) is 0 Å². The van der Waals surface area contributed by atoms with Crippen molar-refractivity contribution in [2.45, 2.75) is 45.6 Å². The maximum atomic E-state index is 11.5. The van der Waals surface area contributed by atoms with Crippen molar-refractivity contribution in [2.75, 3.05) is 19.6 Å². The Balaban J connectivity index is 2.22. The molecule has 6 heteroatoms. The molecule has 1 unspecified atom stereocenters. The number of rotatable bonds is 3. The molecule has 19 heavy (non-hydrogen) atoms. The molecule has 1 heterocycles. The number of ether oxygens (including phenoxy) is 1. The number of hydrogen-bond acceptors (Lipinski definition) is 3. The third kappa shape index (κ3) is 6.31. The first-order valence-corrected chi connectivity index (χ1v) is 6.79. The summed E-state index contributed by atoms with van der Waals surface area (Å²) in [6, 6.07) is -0.357. The topological polar surface area (TPSA) is 84.7 Å². The number of carbonyl (C=O) groups is 2. The monoisotopic (exact) mass is 271 g/mol. The van der Waals surface area contributed by atoms with Crippen molar-refractivity contribution in [3.63, 3.8) is 0 Å². The molecule has 6 nitrogen and oxygen atoms in total. The highest BCUT2D eigenvalue weighted by Crippen LogP contribution is 2.18. The maximum absolute atomic E-state index is 11.5. The number of alkyl carbamates (subject to hydrolysis) is 1. The van der Waals surface area contributed by atoms with Crippen molar-refractivity contribution < 1.29 is 14.3 Å². The van der Waals surface area contributed by atoms with Gasteiger partial charge < -0.3 is 20.7 Å². The van der Waals surface area contributed by atoms with Crippen molar-refractivity contribution in [1.29, 1.82) is 0 Å². The predicted molar refractivity (Wildman–Crippen MR) is 72.7 cm³/mol. The van der Waals surface area contributed by atoms with E-state index in [4.69, 9.17) is 10.5 Å². The molecule has 0 saturated carbocycles. The average Bonchev–Trinajstić information content (AvgIpc) is 2.27. The van der Waals surface area contributed by atoms with Gasteiger partial charge >= 0.3 is 12.1 Å². The number of nitrogens with two attached hydrogens (primary N) is 1. The van der Waals surface area contributed by atoms with Crippen LogP contribution in [0, 0.1) is 5.92 Å². The summed E-state index contributed by atoms with van der Waals surface area (Å²) in [4.78, 5) is 24.2.